The third kappa shape index (κ3) is 2.70. The fourth-order valence-electron chi connectivity index (χ4n) is 0.786. The molecule has 2 N–H and O–H groups in total. The van der Waals surface area contributed by atoms with Crippen LogP contribution in [0.5, 0.6) is 0 Å². The molecule has 3 nitrogen and oxygen atoms in total. The van der Waals surface area contributed by atoms with Crippen LogP contribution in [0.2, 0.25) is 0 Å². The number of carboxylic acid groups (broad SMARTS) is 1. The molecule has 70 valence electrons. The fourth-order valence-corrected chi connectivity index (χ4v) is 0.786. The van der Waals surface area contributed by atoms with Crippen molar-refractivity contribution in [2.45, 2.75) is 6.30 Å². The van der Waals surface area contributed by atoms with Crippen LogP contribution in [-0.4, -0.2) is 17.4 Å². The number of nitrogens with one attached hydrogen (secondary N) is 1. The molecule has 0 aliphatic heterocycles. The van der Waals surface area contributed by atoms with Crippen molar-refractivity contribution in [1.29, 1.82) is 0 Å². The molecule has 1 atom stereocenters. The molecule has 5 heteroatoms. The number of rotatable bonds is 3. The Bertz CT molecular complexity index is 317. The lowest BCUT2D eigenvalue weighted by molar-refractivity contribution is -0.141. The van der Waals surface area contributed by atoms with Crippen molar-refractivity contribution < 1.29 is 18.7 Å². The van der Waals surface area contributed by atoms with E-state index in [0.29, 0.717) is 0 Å². The standard InChI is InChI=1S/C8H7F2NO2/c9-5-2-1-3-6(4-5)11-7(10)8(12)13/h1-4,7,11H,(H,12,13)/t7-/m1/s1. The van der Waals surface area contributed by atoms with Crippen LogP contribution in [-0.2, 0) is 4.79 Å². The predicted molar refractivity (Wildman–Crippen MR) is 42.6 cm³/mol. The van der Waals surface area contributed by atoms with Gasteiger partial charge in [0, 0.05) is 5.69 Å². The molecule has 0 unspecified atom stereocenters. The summed E-state index contributed by atoms with van der Waals surface area (Å²) >= 11 is 0. The largest absolute Gasteiger partial charge is 0.478 e. The van der Waals surface area contributed by atoms with E-state index in [2.05, 4.69) is 0 Å². The Hall–Kier alpha value is -1.65. The molecule has 1 aromatic rings. The van der Waals surface area contributed by atoms with Gasteiger partial charge < -0.3 is 10.4 Å². The van der Waals surface area contributed by atoms with E-state index in [-0.39, 0.29) is 5.69 Å². The number of anilines is 1. The maximum absolute atomic E-state index is 12.5. The first-order chi connectivity index (χ1) is 6.09. The van der Waals surface area contributed by atoms with E-state index in [0.717, 1.165) is 6.07 Å². The van der Waals surface area contributed by atoms with Crippen LogP contribution >= 0.6 is 0 Å². The number of hydrogen-bond donors (Lipinski definition) is 2. The van der Waals surface area contributed by atoms with E-state index in [9.17, 15) is 13.6 Å². The highest BCUT2D eigenvalue weighted by Crippen LogP contribution is 2.10. The van der Waals surface area contributed by atoms with E-state index < -0.39 is 18.1 Å². The fraction of sp³-hybridized carbons (Fsp3) is 0.125. The smallest absolute Gasteiger partial charge is 0.359 e. The van der Waals surface area contributed by atoms with E-state index in [1.807, 2.05) is 5.32 Å². The Morgan fingerprint density at radius 3 is 2.77 bits per heavy atom. The molecule has 0 saturated heterocycles. The third-order valence-electron chi connectivity index (χ3n) is 1.33. The number of benzene rings is 1. The van der Waals surface area contributed by atoms with Gasteiger partial charge in [0.1, 0.15) is 5.82 Å². The van der Waals surface area contributed by atoms with Gasteiger partial charge in [-0.15, -0.1) is 0 Å². The molecule has 0 fully saturated rings. The van der Waals surface area contributed by atoms with Gasteiger partial charge in [-0.25, -0.2) is 13.6 Å². The van der Waals surface area contributed by atoms with Gasteiger partial charge in [-0.05, 0) is 18.2 Å². The quantitative estimate of drug-likeness (QED) is 0.707. The predicted octanol–water partition coefficient (Wildman–Crippen LogP) is 1.62. The normalized spacial score (nSPS) is 12.2. The van der Waals surface area contributed by atoms with Crippen LogP contribution in [0, 0.1) is 5.82 Å². The molecule has 0 spiro atoms. The molecule has 0 heterocycles. The zero-order valence-corrected chi connectivity index (χ0v) is 6.50. The lowest BCUT2D eigenvalue weighted by Gasteiger charge is -2.06. The maximum Gasteiger partial charge on any atom is 0.359 e. The van der Waals surface area contributed by atoms with Gasteiger partial charge in [0.25, 0.3) is 6.30 Å². The molecular weight excluding hydrogens is 180 g/mol. The Morgan fingerprint density at radius 1 is 1.54 bits per heavy atom. The summed E-state index contributed by atoms with van der Waals surface area (Å²) in [6, 6.07) is 4.92. The summed E-state index contributed by atoms with van der Waals surface area (Å²) in [5.74, 6) is -2.19. The SMILES string of the molecule is O=C(O)[C@H](F)Nc1cccc(F)c1. The van der Waals surface area contributed by atoms with Crippen LogP contribution in [0.1, 0.15) is 0 Å². The monoisotopic (exact) mass is 187 g/mol. The Kier molecular flexibility index (Phi) is 2.79. The van der Waals surface area contributed by atoms with Crippen molar-refractivity contribution in [3.05, 3.63) is 30.1 Å². The highest BCUT2D eigenvalue weighted by molar-refractivity contribution is 5.75. The molecule has 0 radical (unpaired) electrons. The maximum atomic E-state index is 12.5. The molecule has 0 bridgehead atoms. The summed E-state index contributed by atoms with van der Waals surface area (Å²) in [5.41, 5.74) is 0.0925. The summed E-state index contributed by atoms with van der Waals surface area (Å²) in [7, 11) is 0. The number of alkyl halides is 1. The summed E-state index contributed by atoms with van der Waals surface area (Å²) in [6.45, 7) is 0. The molecule has 0 aliphatic carbocycles. The lowest BCUT2D eigenvalue weighted by Crippen LogP contribution is -2.23. The summed E-state index contributed by atoms with van der Waals surface area (Å²) < 4.78 is 25.0. The van der Waals surface area contributed by atoms with Crippen molar-refractivity contribution >= 4 is 11.7 Å². The van der Waals surface area contributed by atoms with Crippen LogP contribution in [0.25, 0.3) is 0 Å². The molecule has 1 aromatic carbocycles. The average molecular weight is 187 g/mol. The molecule has 0 aromatic heterocycles. The number of halogens is 2. The average Bonchev–Trinajstić information content (AvgIpc) is 2.04. The van der Waals surface area contributed by atoms with E-state index in [1.54, 1.807) is 0 Å². The first-order valence-corrected chi connectivity index (χ1v) is 3.48. The second kappa shape index (κ2) is 3.84. The number of carboxylic acids is 1. The van der Waals surface area contributed by atoms with Gasteiger partial charge in [0.2, 0.25) is 0 Å². The molecule has 1 rings (SSSR count). The second-order valence-corrected chi connectivity index (χ2v) is 2.36. The van der Waals surface area contributed by atoms with E-state index in [4.69, 9.17) is 5.11 Å². The van der Waals surface area contributed by atoms with Crippen molar-refractivity contribution in [2.75, 3.05) is 5.32 Å². The molecule has 0 aliphatic rings. The highest BCUT2D eigenvalue weighted by atomic mass is 19.1. The Morgan fingerprint density at radius 2 is 2.23 bits per heavy atom. The minimum atomic E-state index is -2.22. The first-order valence-electron chi connectivity index (χ1n) is 3.48. The lowest BCUT2D eigenvalue weighted by atomic mass is 10.3. The van der Waals surface area contributed by atoms with Gasteiger partial charge >= 0.3 is 5.97 Å². The molecular formula is C8H7F2NO2. The van der Waals surface area contributed by atoms with Gasteiger partial charge in [0.15, 0.2) is 0 Å². The summed E-state index contributed by atoms with van der Waals surface area (Å²) in [4.78, 5) is 10.1. The van der Waals surface area contributed by atoms with E-state index in [1.165, 1.54) is 18.2 Å². The van der Waals surface area contributed by atoms with Crippen LogP contribution in [0.3, 0.4) is 0 Å². The third-order valence-corrected chi connectivity index (χ3v) is 1.33. The first kappa shape index (κ1) is 9.44. The molecule has 13 heavy (non-hydrogen) atoms. The number of hydrogen-bond acceptors (Lipinski definition) is 2. The van der Waals surface area contributed by atoms with Crippen molar-refractivity contribution in [3.63, 3.8) is 0 Å². The van der Waals surface area contributed by atoms with Crippen molar-refractivity contribution in [3.8, 4) is 0 Å². The highest BCUT2D eigenvalue weighted by Gasteiger charge is 2.14. The topological polar surface area (TPSA) is 49.3 Å². The van der Waals surface area contributed by atoms with Crippen LogP contribution in [0.15, 0.2) is 24.3 Å². The van der Waals surface area contributed by atoms with E-state index >= 15 is 0 Å². The van der Waals surface area contributed by atoms with Crippen molar-refractivity contribution in [2.24, 2.45) is 0 Å². The number of carbonyl (C=O) groups is 1. The Labute approximate surface area is 73.0 Å². The zero-order valence-electron chi connectivity index (χ0n) is 6.50. The minimum absolute atomic E-state index is 0.0925. The summed E-state index contributed by atoms with van der Waals surface area (Å²) in [5, 5.41) is 10.2. The van der Waals surface area contributed by atoms with Gasteiger partial charge in [-0.3, -0.25) is 0 Å². The van der Waals surface area contributed by atoms with Crippen molar-refractivity contribution in [1.82, 2.24) is 0 Å². The molecule has 0 saturated carbocycles. The Balaban J connectivity index is 2.69. The van der Waals surface area contributed by atoms with Crippen LogP contribution < -0.4 is 5.32 Å². The zero-order chi connectivity index (χ0) is 9.84. The van der Waals surface area contributed by atoms with Gasteiger partial charge in [-0.1, -0.05) is 6.07 Å². The minimum Gasteiger partial charge on any atom is -0.478 e. The molecule has 0 amide bonds. The number of aliphatic carboxylic acids is 1. The van der Waals surface area contributed by atoms with Gasteiger partial charge in [-0.2, -0.15) is 0 Å². The van der Waals surface area contributed by atoms with Gasteiger partial charge in [0.05, 0.1) is 0 Å². The van der Waals surface area contributed by atoms with Crippen LogP contribution in [0.4, 0.5) is 14.5 Å². The second-order valence-electron chi connectivity index (χ2n) is 2.36. The summed E-state index contributed by atoms with van der Waals surface area (Å²) in [6.07, 6.45) is -2.22.